The molecule has 2 rings (SSSR count). The average molecular weight is 388 g/mol. The topological polar surface area (TPSA) is 56.7 Å². The van der Waals surface area contributed by atoms with Crippen LogP contribution in [0.4, 0.5) is 18.9 Å². The highest BCUT2D eigenvalue weighted by Gasteiger charge is 2.30. The lowest BCUT2D eigenvalue weighted by Crippen LogP contribution is -2.25. The van der Waals surface area contributed by atoms with Crippen molar-refractivity contribution in [3.05, 3.63) is 58.6 Å². The van der Waals surface area contributed by atoms with E-state index in [1.165, 1.54) is 30.3 Å². The van der Waals surface area contributed by atoms with Gasteiger partial charge in [0.25, 0.3) is 0 Å². The van der Waals surface area contributed by atoms with Crippen LogP contribution in [-0.2, 0) is 6.18 Å². The van der Waals surface area contributed by atoms with Crippen molar-refractivity contribution >= 4 is 40.3 Å². The van der Waals surface area contributed by atoms with Gasteiger partial charge in [0.05, 0.1) is 11.3 Å². The Kier molecular flexibility index (Phi) is 5.86. The zero-order valence-electron chi connectivity index (χ0n) is 12.9. The summed E-state index contributed by atoms with van der Waals surface area (Å²) in [7, 11) is 0. The lowest BCUT2D eigenvalue weighted by atomic mass is 10.1. The standard InChI is InChI=1S/C16H13ClF3N3OS/c1-9(13-8-11(17)5-6-14(13)24)22-23-15(25)21-12-4-2-3-10(7-12)16(18,19)20/h2-8,24H,1H3,(H2,21,23,25)/b22-9+. The molecule has 0 fully saturated rings. The van der Waals surface area contributed by atoms with Gasteiger partial charge in [-0.25, -0.2) is 0 Å². The van der Waals surface area contributed by atoms with E-state index in [2.05, 4.69) is 15.8 Å². The second-order valence-corrected chi connectivity index (χ2v) is 5.85. The van der Waals surface area contributed by atoms with E-state index in [0.717, 1.165) is 12.1 Å². The Balaban J connectivity index is 2.06. The highest BCUT2D eigenvalue weighted by atomic mass is 35.5. The number of benzene rings is 2. The minimum absolute atomic E-state index is 0.000178. The first-order valence-electron chi connectivity index (χ1n) is 6.94. The number of hydrazone groups is 1. The first-order chi connectivity index (χ1) is 11.7. The van der Waals surface area contributed by atoms with Crippen LogP contribution in [0.3, 0.4) is 0 Å². The van der Waals surface area contributed by atoms with E-state index >= 15 is 0 Å². The number of rotatable bonds is 3. The molecule has 0 spiro atoms. The molecule has 2 aromatic carbocycles. The molecule has 0 saturated heterocycles. The molecule has 0 bridgehead atoms. The van der Waals surface area contributed by atoms with Crippen LogP contribution in [0.15, 0.2) is 47.6 Å². The van der Waals surface area contributed by atoms with Crippen molar-refractivity contribution < 1.29 is 18.3 Å². The number of thiocarbonyl (C=S) groups is 1. The third-order valence-electron chi connectivity index (χ3n) is 3.12. The maximum absolute atomic E-state index is 12.7. The Labute approximate surface area is 152 Å². The molecule has 25 heavy (non-hydrogen) atoms. The summed E-state index contributed by atoms with van der Waals surface area (Å²) in [5, 5.41) is 16.8. The number of phenols is 1. The largest absolute Gasteiger partial charge is 0.507 e. The summed E-state index contributed by atoms with van der Waals surface area (Å²) >= 11 is 10.9. The van der Waals surface area contributed by atoms with E-state index in [-0.39, 0.29) is 16.5 Å². The molecule has 4 nitrogen and oxygen atoms in total. The predicted octanol–water partition coefficient (Wildman–Crippen LogP) is 4.78. The fourth-order valence-corrected chi connectivity index (χ4v) is 2.26. The second kappa shape index (κ2) is 7.71. The molecular formula is C16H13ClF3N3OS. The number of alkyl halides is 3. The van der Waals surface area contributed by atoms with E-state index in [4.69, 9.17) is 23.8 Å². The first-order valence-corrected chi connectivity index (χ1v) is 7.73. The molecule has 0 radical (unpaired) electrons. The van der Waals surface area contributed by atoms with Gasteiger partial charge < -0.3 is 10.4 Å². The van der Waals surface area contributed by atoms with Gasteiger partial charge in [-0.15, -0.1) is 0 Å². The average Bonchev–Trinajstić information content (AvgIpc) is 2.54. The molecule has 2 aromatic rings. The van der Waals surface area contributed by atoms with Gasteiger partial charge in [-0.2, -0.15) is 18.3 Å². The third-order valence-corrected chi connectivity index (χ3v) is 3.55. The van der Waals surface area contributed by atoms with Crippen molar-refractivity contribution in [2.45, 2.75) is 13.1 Å². The van der Waals surface area contributed by atoms with Crippen molar-refractivity contribution in [3.63, 3.8) is 0 Å². The highest BCUT2D eigenvalue weighted by molar-refractivity contribution is 7.80. The van der Waals surface area contributed by atoms with Gasteiger partial charge in [-0.3, -0.25) is 5.43 Å². The summed E-state index contributed by atoms with van der Waals surface area (Å²) in [6.45, 7) is 1.62. The fourth-order valence-electron chi connectivity index (χ4n) is 1.93. The van der Waals surface area contributed by atoms with Crippen LogP contribution < -0.4 is 10.7 Å². The molecule has 132 valence electrons. The normalized spacial score (nSPS) is 12.0. The molecule has 9 heteroatoms. The Bertz CT molecular complexity index is 825. The molecule has 0 amide bonds. The van der Waals surface area contributed by atoms with Crippen LogP contribution in [0.2, 0.25) is 5.02 Å². The zero-order chi connectivity index (χ0) is 18.6. The maximum atomic E-state index is 12.7. The minimum Gasteiger partial charge on any atom is -0.507 e. The van der Waals surface area contributed by atoms with Gasteiger partial charge in [0.1, 0.15) is 5.75 Å². The van der Waals surface area contributed by atoms with Crippen molar-refractivity contribution in [2.75, 3.05) is 5.32 Å². The number of nitrogens with one attached hydrogen (secondary N) is 2. The number of anilines is 1. The molecule has 0 unspecified atom stereocenters. The van der Waals surface area contributed by atoms with Crippen LogP contribution in [0.1, 0.15) is 18.1 Å². The molecule has 0 aromatic heterocycles. The quantitative estimate of drug-likeness (QED) is 0.403. The van der Waals surface area contributed by atoms with Gasteiger partial charge >= 0.3 is 6.18 Å². The summed E-state index contributed by atoms with van der Waals surface area (Å²) < 4.78 is 38.1. The maximum Gasteiger partial charge on any atom is 0.416 e. The van der Waals surface area contributed by atoms with Crippen LogP contribution in [0.5, 0.6) is 5.75 Å². The number of aromatic hydroxyl groups is 1. The Hall–Kier alpha value is -2.32. The van der Waals surface area contributed by atoms with Gasteiger partial charge in [-0.05, 0) is 55.5 Å². The van der Waals surface area contributed by atoms with E-state index in [0.29, 0.717) is 16.3 Å². The lowest BCUT2D eigenvalue weighted by molar-refractivity contribution is -0.137. The minimum atomic E-state index is -4.44. The first kappa shape index (κ1) is 19.0. The van der Waals surface area contributed by atoms with Gasteiger partial charge in [0.2, 0.25) is 0 Å². The second-order valence-electron chi connectivity index (χ2n) is 5.00. The molecule has 0 atom stereocenters. The fraction of sp³-hybridized carbons (Fsp3) is 0.125. The molecule has 0 aliphatic heterocycles. The van der Waals surface area contributed by atoms with E-state index in [1.54, 1.807) is 6.92 Å². The van der Waals surface area contributed by atoms with Gasteiger partial charge in [0.15, 0.2) is 5.11 Å². The molecular weight excluding hydrogens is 375 g/mol. The Morgan fingerprint density at radius 1 is 1.20 bits per heavy atom. The van der Waals surface area contributed by atoms with E-state index in [9.17, 15) is 18.3 Å². The summed E-state index contributed by atoms with van der Waals surface area (Å²) in [4.78, 5) is 0. The number of hydrogen-bond donors (Lipinski definition) is 3. The van der Waals surface area contributed by atoms with Crippen LogP contribution in [-0.4, -0.2) is 15.9 Å². The van der Waals surface area contributed by atoms with Crippen molar-refractivity contribution in [2.24, 2.45) is 5.10 Å². The Morgan fingerprint density at radius 2 is 1.92 bits per heavy atom. The van der Waals surface area contributed by atoms with Gasteiger partial charge in [-0.1, -0.05) is 17.7 Å². The van der Waals surface area contributed by atoms with Crippen LogP contribution in [0.25, 0.3) is 0 Å². The summed E-state index contributed by atoms with van der Waals surface area (Å²) in [5.41, 5.74) is 2.69. The van der Waals surface area contributed by atoms with Crippen molar-refractivity contribution in [1.82, 2.24) is 5.43 Å². The molecule has 0 aliphatic carbocycles. The van der Waals surface area contributed by atoms with E-state index in [1.807, 2.05) is 0 Å². The highest BCUT2D eigenvalue weighted by Crippen LogP contribution is 2.30. The number of hydrogen-bond acceptors (Lipinski definition) is 3. The predicted molar refractivity (Wildman–Crippen MR) is 96.1 cm³/mol. The third kappa shape index (κ3) is 5.33. The van der Waals surface area contributed by atoms with Crippen LogP contribution >= 0.6 is 23.8 Å². The molecule has 0 aliphatic rings. The van der Waals surface area contributed by atoms with E-state index < -0.39 is 11.7 Å². The lowest BCUT2D eigenvalue weighted by Gasteiger charge is -2.11. The van der Waals surface area contributed by atoms with Gasteiger partial charge in [0, 0.05) is 16.3 Å². The summed E-state index contributed by atoms with van der Waals surface area (Å²) in [6.07, 6.45) is -4.44. The molecule has 0 heterocycles. The SMILES string of the molecule is C/C(=N\NC(=S)Nc1cccc(C(F)(F)F)c1)c1cc(Cl)ccc1O. The van der Waals surface area contributed by atoms with Crippen molar-refractivity contribution in [1.29, 1.82) is 0 Å². The number of phenolic OH excluding ortho intramolecular Hbond substituents is 1. The van der Waals surface area contributed by atoms with Crippen LogP contribution in [0, 0.1) is 0 Å². The Morgan fingerprint density at radius 3 is 2.60 bits per heavy atom. The number of halogens is 4. The smallest absolute Gasteiger partial charge is 0.416 e. The molecule has 0 saturated carbocycles. The summed E-state index contributed by atoms with van der Waals surface area (Å²) in [6, 6.07) is 9.10. The zero-order valence-corrected chi connectivity index (χ0v) is 14.4. The number of nitrogens with zero attached hydrogens (tertiary/aromatic N) is 1. The monoisotopic (exact) mass is 387 g/mol. The summed E-state index contributed by atoms with van der Waals surface area (Å²) in [5.74, 6) is -0.00999. The molecule has 3 N–H and O–H groups in total. The van der Waals surface area contributed by atoms with Crippen molar-refractivity contribution in [3.8, 4) is 5.75 Å².